The molecule has 1 aromatic heterocycles. The van der Waals surface area contributed by atoms with Crippen LogP contribution in [0.1, 0.15) is 19.0 Å². The number of rotatable bonds is 3. The van der Waals surface area contributed by atoms with Crippen molar-refractivity contribution in [2.75, 3.05) is 16.8 Å². The molecule has 17 heavy (non-hydrogen) atoms. The molecule has 0 aliphatic carbocycles. The Kier molecular flexibility index (Phi) is 3.61. The number of H-pyrrole nitrogens is 1. The number of nitrogens with zero attached hydrogens (tertiary/aromatic N) is 2. The topological polar surface area (TPSA) is 66.1 Å². The zero-order valence-corrected chi connectivity index (χ0v) is 11.2. The summed E-state index contributed by atoms with van der Waals surface area (Å²) in [5.41, 5.74) is 0.501. The van der Waals surface area contributed by atoms with Crippen molar-refractivity contribution in [3.8, 4) is 0 Å². The average molecular weight is 300 g/mol. The molecule has 1 N–H and O–H groups in total. The van der Waals surface area contributed by atoms with Crippen LogP contribution in [0.3, 0.4) is 0 Å². The second-order valence-corrected chi connectivity index (χ2v) is 4.79. The van der Waals surface area contributed by atoms with Gasteiger partial charge in [-0.2, -0.15) is 0 Å². The number of alkyl halides is 1. The number of carbonyl (C=O) groups excluding carboxylic acids is 1. The van der Waals surface area contributed by atoms with Crippen LogP contribution in [0.15, 0.2) is 10.9 Å². The minimum absolute atomic E-state index is 0.0193. The van der Waals surface area contributed by atoms with E-state index in [2.05, 4.69) is 25.9 Å². The highest BCUT2D eigenvalue weighted by Crippen LogP contribution is 2.22. The first-order valence-electron chi connectivity index (χ1n) is 5.60. The largest absolute Gasteiger partial charge is 0.292 e. The second-order valence-electron chi connectivity index (χ2n) is 4.14. The van der Waals surface area contributed by atoms with Gasteiger partial charge in [0.15, 0.2) is 0 Å². The smallest absolute Gasteiger partial charge is 0.252 e. The molecule has 2 heterocycles. The first kappa shape index (κ1) is 12.3. The van der Waals surface area contributed by atoms with Gasteiger partial charge in [0.2, 0.25) is 11.9 Å². The van der Waals surface area contributed by atoms with Gasteiger partial charge in [-0.05, 0) is 12.3 Å². The lowest BCUT2D eigenvalue weighted by atomic mass is 10.2. The molecule has 1 aliphatic rings. The van der Waals surface area contributed by atoms with Crippen molar-refractivity contribution in [2.24, 2.45) is 5.92 Å². The lowest BCUT2D eigenvalue weighted by Gasteiger charge is -2.15. The molecule has 1 aromatic rings. The van der Waals surface area contributed by atoms with E-state index < -0.39 is 0 Å². The van der Waals surface area contributed by atoms with Crippen LogP contribution in [0.25, 0.3) is 0 Å². The molecule has 0 saturated carbocycles. The minimum Gasteiger partial charge on any atom is -0.292 e. The number of hydrogen-bond acceptors (Lipinski definition) is 3. The molecule has 1 amide bonds. The fourth-order valence-electron chi connectivity index (χ4n) is 1.89. The maximum atomic E-state index is 11.8. The maximum absolute atomic E-state index is 11.8. The molecule has 1 unspecified atom stereocenters. The molecule has 92 valence electrons. The summed E-state index contributed by atoms with van der Waals surface area (Å²) in [4.78, 5) is 31.7. The molecule has 0 aromatic carbocycles. The number of carbonyl (C=O) groups is 1. The molecule has 2 rings (SSSR count). The normalized spacial score (nSPS) is 20.0. The molecule has 1 saturated heterocycles. The summed E-state index contributed by atoms with van der Waals surface area (Å²) in [6.07, 6.45) is 1.19. The summed E-state index contributed by atoms with van der Waals surface area (Å²) in [6.45, 7) is 2.54. The van der Waals surface area contributed by atoms with Gasteiger partial charge in [0.1, 0.15) is 0 Å². The molecule has 1 atom stereocenters. The van der Waals surface area contributed by atoms with E-state index in [0.29, 0.717) is 31.0 Å². The summed E-state index contributed by atoms with van der Waals surface area (Å²) < 4.78 is 0. The van der Waals surface area contributed by atoms with Gasteiger partial charge in [-0.3, -0.25) is 19.5 Å². The van der Waals surface area contributed by atoms with Crippen LogP contribution in [0.4, 0.5) is 5.95 Å². The summed E-state index contributed by atoms with van der Waals surface area (Å²) in [7, 11) is 0. The SMILES string of the molecule is CCc1cc(=O)[nH]c(N2CC(CBr)CC2=O)n1. The van der Waals surface area contributed by atoms with E-state index >= 15 is 0 Å². The van der Waals surface area contributed by atoms with Gasteiger partial charge in [-0.1, -0.05) is 22.9 Å². The number of anilines is 1. The van der Waals surface area contributed by atoms with Crippen molar-refractivity contribution in [3.05, 3.63) is 22.1 Å². The van der Waals surface area contributed by atoms with Gasteiger partial charge in [0.25, 0.3) is 5.56 Å². The predicted molar refractivity (Wildman–Crippen MR) is 68.5 cm³/mol. The average Bonchev–Trinajstić information content (AvgIpc) is 2.69. The van der Waals surface area contributed by atoms with Crippen molar-refractivity contribution in [1.82, 2.24) is 9.97 Å². The van der Waals surface area contributed by atoms with E-state index in [9.17, 15) is 9.59 Å². The third kappa shape index (κ3) is 2.57. The van der Waals surface area contributed by atoms with Crippen molar-refractivity contribution < 1.29 is 4.79 Å². The van der Waals surface area contributed by atoms with Gasteiger partial charge >= 0.3 is 0 Å². The Morgan fingerprint density at radius 1 is 1.59 bits per heavy atom. The van der Waals surface area contributed by atoms with Gasteiger partial charge in [-0.25, -0.2) is 4.98 Å². The van der Waals surface area contributed by atoms with Crippen molar-refractivity contribution in [2.45, 2.75) is 19.8 Å². The predicted octanol–water partition coefficient (Wildman–Crippen LogP) is 1.08. The Hall–Kier alpha value is -1.17. The monoisotopic (exact) mass is 299 g/mol. The third-order valence-electron chi connectivity index (χ3n) is 2.82. The number of halogens is 1. The van der Waals surface area contributed by atoms with Gasteiger partial charge in [-0.15, -0.1) is 0 Å². The van der Waals surface area contributed by atoms with Crippen molar-refractivity contribution >= 4 is 27.8 Å². The molecular weight excluding hydrogens is 286 g/mol. The Morgan fingerprint density at radius 2 is 2.35 bits per heavy atom. The lowest BCUT2D eigenvalue weighted by Crippen LogP contribution is -2.29. The summed E-state index contributed by atoms with van der Waals surface area (Å²) in [6, 6.07) is 1.46. The van der Waals surface area contributed by atoms with Crippen LogP contribution >= 0.6 is 15.9 Å². The third-order valence-corrected chi connectivity index (χ3v) is 3.74. The van der Waals surface area contributed by atoms with Crippen LogP contribution < -0.4 is 10.5 Å². The van der Waals surface area contributed by atoms with E-state index in [1.807, 2.05) is 6.92 Å². The number of nitrogens with one attached hydrogen (secondary N) is 1. The molecule has 0 spiro atoms. The molecular formula is C11H14BrN3O2. The van der Waals surface area contributed by atoms with E-state index in [1.54, 1.807) is 4.90 Å². The van der Waals surface area contributed by atoms with Gasteiger partial charge in [0.05, 0.1) is 0 Å². The van der Waals surface area contributed by atoms with Gasteiger partial charge < -0.3 is 0 Å². The van der Waals surface area contributed by atoms with E-state index in [-0.39, 0.29) is 17.4 Å². The quantitative estimate of drug-likeness (QED) is 0.850. The van der Waals surface area contributed by atoms with Crippen molar-refractivity contribution in [3.63, 3.8) is 0 Å². The molecule has 1 fully saturated rings. The van der Waals surface area contributed by atoms with E-state index in [4.69, 9.17) is 0 Å². The summed E-state index contributed by atoms with van der Waals surface area (Å²) in [5.74, 6) is 0.687. The number of hydrogen-bond donors (Lipinski definition) is 1. The van der Waals surface area contributed by atoms with Crippen LogP contribution in [0.5, 0.6) is 0 Å². The molecule has 1 aliphatic heterocycles. The number of amides is 1. The molecule has 5 nitrogen and oxygen atoms in total. The van der Waals surface area contributed by atoms with Crippen molar-refractivity contribution in [1.29, 1.82) is 0 Å². The highest BCUT2D eigenvalue weighted by molar-refractivity contribution is 9.09. The maximum Gasteiger partial charge on any atom is 0.252 e. The zero-order valence-electron chi connectivity index (χ0n) is 9.57. The number of aromatic amines is 1. The van der Waals surface area contributed by atoms with Crippen LogP contribution in [0, 0.1) is 5.92 Å². The fraction of sp³-hybridized carbons (Fsp3) is 0.545. The second kappa shape index (κ2) is 5.00. The Bertz CT molecular complexity index is 486. The fourth-order valence-corrected chi connectivity index (χ4v) is 2.33. The lowest BCUT2D eigenvalue weighted by molar-refractivity contribution is -0.117. The minimum atomic E-state index is -0.207. The molecule has 6 heteroatoms. The molecule has 0 bridgehead atoms. The molecule has 0 radical (unpaired) electrons. The van der Waals surface area contributed by atoms with Crippen LogP contribution in [0.2, 0.25) is 0 Å². The number of aryl methyl sites for hydroxylation is 1. The number of aromatic nitrogens is 2. The Balaban J connectivity index is 2.31. The zero-order chi connectivity index (χ0) is 12.4. The first-order chi connectivity index (χ1) is 8.13. The summed E-state index contributed by atoms with van der Waals surface area (Å²) >= 11 is 3.38. The standard InChI is InChI=1S/C11H14BrN3O2/c1-2-8-4-9(16)14-11(13-8)15-6-7(5-12)3-10(15)17/h4,7H,2-3,5-6H2,1H3,(H,13,14,16). The Morgan fingerprint density at radius 3 is 2.94 bits per heavy atom. The van der Waals surface area contributed by atoms with Crippen LogP contribution in [-0.4, -0.2) is 27.7 Å². The van der Waals surface area contributed by atoms with Gasteiger partial charge in [0, 0.05) is 30.1 Å². The van der Waals surface area contributed by atoms with E-state index in [1.165, 1.54) is 6.07 Å². The summed E-state index contributed by atoms with van der Waals surface area (Å²) in [5, 5.41) is 0.785. The highest BCUT2D eigenvalue weighted by Gasteiger charge is 2.31. The highest BCUT2D eigenvalue weighted by atomic mass is 79.9. The van der Waals surface area contributed by atoms with E-state index in [0.717, 1.165) is 5.33 Å². The van der Waals surface area contributed by atoms with Crippen LogP contribution in [-0.2, 0) is 11.2 Å². The Labute approximate surface area is 107 Å². The first-order valence-corrected chi connectivity index (χ1v) is 6.72.